The van der Waals surface area contributed by atoms with Crippen LogP contribution in [0.2, 0.25) is 0 Å². The van der Waals surface area contributed by atoms with Gasteiger partial charge in [0.2, 0.25) is 5.82 Å². The molecule has 27 heavy (non-hydrogen) atoms. The number of carbonyl (C=O) groups is 2. The van der Waals surface area contributed by atoms with Crippen LogP contribution in [-0.4, -0.2) is 32.0 Å². The van der Waals surface area contributed by atoms with Crippen molar-refractivity contribution >= 4 is 23.3 Å². The minimum Gasteiger partial charge on any atom is -0.478 e. The molecule has 10 nitrogen and oxygen atoms in total. The number of carboxylic acids is 2. The van der Waals surface area contributed by atoms with Crippen LogP contribution >= 0.6 is 0 Å². The molecule has 2 aromatic rings. The minimum absolute atomic E-state index is 0.235. The van der Waals surface area contributed by atoms with Gasteiger partial charge >= 0.3 is 17.6 Å². The molecular weight excluding hydrogens is 381 g/mol. The van der Waals surface area contributed by atoms with Crippen molar-refractivity contribution in [2.45, 2.75) is 0 Å². The zero-order chi connectivity index (χ0) is 20.9. The van der Waals surface area contributed by atoms with Crippen LogP contribution < -0.4 is 0 Å². The van der Waals surface area contributed by atoms with Gasteiger partial charge in [0, 0.05) is 6.07 Å². The lowest BCUT2D eigenvalue weighted by molar-refractivity contribution is -0.387. The fourth-order valence-corrected chi connectivity index (χ4v) is 1.63. The highest BCUT2D eigenvalue weighted by atomic mass is 19.1. The van der Waals surface area contributed by atoms with E-state index in [2.05, 4.69) is 0 Å². The lowest BCUT2D eigenvalue weighted by atomic mass is 10.2. The van der Waals surface area contributed by atoms with Crippen molar-refractivity contribution < 1.29 is 42.8 Å². The number of aromatic carboxylic acids is 2. The van der Waals surface area contributed by atoms with E-state index in [1.165, 1.54) is 0 Å². The minimum atomic E-state index is -1.68. The fraction of sp³-hybridized carbons (Fsp3) is 0. The first-order valence-electron chi connectivity index (χ1n) is 6.49. The Morgan fingerprint density at radius 3 is 1.70 bits per heavy atom. The predicted molar refractivity (Wildman–Crippen MR) is 80.0 cm³/mol. The van der Waals surface area contributed by atoms with Crippen molar-refractivity contribution in [3.8, 4) is 0 Å². The third-order valence-corrected chi connectivity index (χ3v) is 2.86. The number of hydrogen-bond donors (Lipinski definition) is 2. The van der Waals surface area contributed by atoms with Crippen molar-refractivity contribution in [2.24, 2.45) is 0 Å². The molecule has 0 saturated carbocycles. The van der Waals surface area contributed by atoms with Crippen molar-refractivity contribution in [2.75, 3.05) is 0 Å². The fourth-order valence-electron chi connectivity index (χ4n) is 1.63. The van der Waals surface area contributed by atoms with Gasteiger partial charge in [-0.2, -0.15) is 4.39 Å². The number of halogens is 3. The van der Waals surface area contributed by atoms with Gasteiger partial charge in [-0.15, -0.1) is 0 Å². The molecule has 0 fully saturated rings. The lowest BCUT2D eigenvalue weighted by Crippen LogP contribution is -2.03. The number of carboxylic acid groups (broad SMARTS) is 2. The van der Waals surface area contributed by atoms with Gasteiger partial charge in [0.1, 0.15) is 11.6 Å². The Kier molecular flexibility index (Phi) is 6.52. The molecule has 0 aliphatic carbocycles. The Labute approximate surface area is 146 Å². The molecule has 2 rings (SSSR count). The van der Waals surface area contributed by atoms with E-state index in [9.17, 15) is 43.0 Å². The molecular formula is C14H7F3N2O8. The number of benzene rings is 2. The average molecular weight is 388 g/mol. The van der Waals surface area contributed by atoms with Crippen molar-refractivity contribution in [3.05, 3.63) is 79.1 Å². The molecule has 2 N–H and O–H groups in total. The van der Waals surface area contributed by atoms with Crippen molar-refractivity contribution in [3.63, 3.8) is 0 Å². The topological polar surface area (TPSA) is 161 Å². The number of non-ortho nitro benzene ring substituents is 1. The molecule has 0 heterocycles. The number of nitrogens with zero attached hydrogens (tertiary/aromatic N) is 2. The van der Waals surface area contributed by atoms with Crippen LogP contribution in [0.4, 0.5) is 24.5 Å². The van der Waals surface area contributed by atoms with Gasteiger partial charge in [-0.25, -0.2) is 18.4 Å². The van der Waals surface area contributed by atoms with Gasteiger partial charge in [0.25, 0.3) is 5.69 Å². The summed E-state index contributed by atoms with van der Waals surface area (Å²) < 4.78 is 38.3. The Balaban J connectivity index is 0.000000271. The Morgan fingerprint density at radius 2 is 1.30 bits per heavy atom. The molecule has 0 spiro atoms. The molecule has 0 aliphatic heterocycles. The summed E-state index contributed by atoms with van der Waals surface area (Å²) in [7, 11) is 0. The summed E-state index contributed by atoms with van der Waals surface area (Å²) in [6.07, 6.45) is 0. The summed E-state index contributed by atoms with van der Waals surface area (Å²) in [5.74, 6) is -6.97. The molecule has 0 aliphatic rings. The second-order valence-electron chi connectivity index (χ2n) is 4.57. The molecule has 0 bridgehead atoms. The standard InChI is InChI=1S/C7H3F2NO4.C7H4FNO4/c8-4-2-6(10(13)14)5(9)1-3(4)7(11)12;8-6-3-4(9(12)13)1-2-5(6)7(10)11/h1-2H,(H,11,12);1-3H,(H,10,11). The highest BCUT2D eigenvalue weighted by molar-refractivity contribution is 5.88. The van der Waals surface area contributed by atoms with Crippen LogP contribution in [0.5, 0.6) is 0 Å². The Bertz CT molecular complexity index is 908. The summed E-state index contributed by atoms with van der Waals surface area (Å²) in [5.41, 5.74) is -3.08. The molecule has 0 unspecified atom stereocenters. The van der Waals surface area contributed by atoms with Crippen molar-refractivity contribution in [1.29, 1.82) is 0 Å². The Morgan fingerprint density at radius 1 is 0.778 bits per heavy atom. The SMILES string of the molecule is O=C(O)c1cc(F)c([N+](=O)[O-])cc1F.O=C(O)c1ccc([N+](=O)[O-])cc1F. The summed E-state index contributed by atoms with van der Waals surface area (Å²) in [6.45, 7) is 0. The van der Waals surface area contributed by atoms with Crippen LogP contribution in [0.3, 0.4) is 0 Å². The van der Waals surface area contributed by atoms with E-state index in [4.69, 9.17) is 10.2 Å². The third-order valence-electron chi connectivity index (χ3n) is 2.86. The summed E-state index contributed by atoms with van der Waals surface area (Å²) >= 11 is 0. The lowest BCUT2D eigenvalue weighted by Gasteiger charge is -1.98. The van der Waals surface area contributed by atoms with Gasteiger partial charge in [-0.1, -0.05) is 0 Å². The summed E-state index contributed by atoms with van der Waals surface area (Å²) in [6, 6.07) is 2.88. The van der Waals surface area contributed by atoms with E-state index < -0.39 is 61.7 Å². The quantitative estimate of drug-likeness (QED) is 0.597. The van der Waals surface area contributed by atoms with Crippen molar-refractivity contribution in [1.82, 2.24) is 0 Å². The Hall–Kier alpha value is -4.03. The maximum absolute atomic E-state index is 12.8. The smallest absolute Gasteiger partial charge is 0.338 e. The molecule has 0 aromatic heterocycles. The van der Waals surface area contributed by atoms with Gasteiger partial charge < -0.3 is 10.2 Å². The first-order chi connectivity index (χ1) is 12.5. The third kappa shape index (κ3) is 5.22. The largest absolute Gasteiger partial charge is 0.478 e. The maximum Gasteiger partial charge on any atom is 0.338 e. The zero-order valence-corrected chi connectivity index (χ0v) is 12.8. The predicted octanol–water partition coefficient (Wildman–Crippen LogP) is 3.00. The highest BCUT2D eigenvalue weighted by Gasteiger charge is 2.21. The highest BCUT2D eigenvalue weighted by Crippen LogP contribution is 2.21. The maximum atomic E-state index is 12.8. The van der Waals surface area contributed by atoms with Crippen LogP contribution in [0.1, 0.15) is 20.7 Å². The molecule has 0 radical (unpaired) electrons. The van der Waals surface area contributed by atoms with E-state index in [0.717, 1.165) is 12.1 Å². The normalized spacial score (nSPS) is 9.74. The molecule has 0 amide bonds. The van der Waals surface area contributed by atoms with Gasteiger partial charge in [0.15, 0.2) is 0 Å². The van der Waals surface area contributed by atoms with Gasteiger partial charge in [-0.3, -0.25) is 20.2 Å². The molecule has 13 heteroatoms. The van der Waals surface area contributed by atoms with Crippen LogP contribution in [-0.2, 0) is 0 Å². The van der Waals surface area contributed by atoms with E-state index in [-0.39, 0.29) is 12.1 Å². The molecule has 2 aromatic carbocycles. The summed E-state index contributed by atoms with van der Waals surface area (Å²) in [4.78, 5) is 38.9. The average Bonchev–Trinajstić information content (AvgIpc) is 2.56. The van der Waals surface area contributed by atoms with E-state index >= 15 is 0 Å². The van der Waals surface area contributed by atoms with E-state index in [1.54, 1.807) is 0 Å². The molecule has 0 atom stereocenters. The molecule has 0 saturated heterocycles. The number of rotatable bonds is 4. The monoisotopic (exact) mass is 388 g/mol. The van der Waals surface area contributed by atoms with Gasteiger partial charge in [-0.05, 0) is 12.1 Å². The first kappa shape index (κ1) is 21.0. The number of hydrogen-bond acceptors (Lipinski definition) is 6. The summed E-state index contributed by atoms with van der Waals surface area (Å²) in [5, 5.41) is 37.0. The number of nitro groups is 2. The number of nitro benzene ring substituents is 2. The van der Waals surface area contributed by atoms with Crippen LogP contribution in [0.15, 0.2) is 30.3 Å². The van der Waals surface area contributed by atoms with Gasteiger partial charge in [0.05, 0.1) is 33.1 Å². The first-order valence-corrected chi connectivity index (χ1v) is 6.49. The van der Waals surface area contributed by atoms with E-state index in [1.807, 2.05) is 0 Å². The second-order valence-corrected chi connectivity index (χ2v) is 4.57. The second kappa shape index (κ2) is 8.37. The van der Waals surface area contributed by atoms with E-state index in [0.29, 0.717) is 6.07 Å². The molecule has 142 valence electrons. The zero-order valence-electron chi connectivity index (χ0n) is 12.8. The van der Waals surface area contributed by atoms with Crippen LogP contribution in [0, 0.1) is 37.7 Å². The van der Waals surface area contributed by atoms with Crippen LogP contribution in [0.25, 0.3) is 0 Å².